The Morgan fingerprint density at radius 1 is 1.18 bits per heavy atom. The summed E-state index contributed by atoms with van der Waals surface area (Å²) in [6, 6.07) is 6.89. The van der Waals surface area contributed by atoms with Crippen LogP contribution in [0.1, 0.15) is 40.5 Å². The molecule has 2 rings (SSSR count). The number of amides is 1. The molecule has 0 aliphatic rings. The van der Waals surface area contributed by atoms with Crippen LogP contribution in [-0.2, 0) is 6.54 Å². The van der Waals surface area contributed by atoms with Crippen molar-refractivity contribution in [1.29, 1.82) is 0 Å². The summed E-state index contributed by atoms with van der Waals surface area (Å²) in [6.45, 7) is 8.40. The zero-order valence-electron chi connectivity index (χ0n) is 13.4. The van der Waals surface area contributed by atoms with Crippen LogP contribution >= 0.6 is 0 Å². The van der Waals surface area contributed by atoms with E-state index in [0.29, 0.717) is 6.54 Å². The van der Waals surface area contributed by atoms with Gasteiger partial charge >= 0.3 is 0 Å². The first-order chi connectivity index (χ1) is 10.4. The standard InChI is InChI=1S/C17H21N3O2/c1-5-8-20-15(21)7-6-14(19-20)17(22)18-16-12(3)9-11(2)10-13(16)4/h6-7,9-10H,5,8H2,1-4H3,(H,18,22). The molecule has 2 aromatic rings. The lowest BCUT2D eigenvalue weighted by molar-refractivity contribution is 0.101. The van der Waals surface area contributed by atoms with Gasteiger partial charge in [0.05, 0.1) is 0 Å². The summed E-state index contributed by atoms with van der Waals surface area (Å²) >= 11 is 0. The molecule has 1 aromatic heterocycles. The summed E-state index contributed by atoms with van der Waals surface area (Å²) in [5, 5.41) is 7.02. The van der Waals surface area contributed by atoms with Crippen LogP contribution in [0.15, 0.2) is 29.1 Å². The number of carbonyl (C=O) groups excluding carboxylic acids is 1. The second-order valence-corrected chi connectivity index (χ2v) is 5.51. The van der Waals surface area contributed by atoms with Crippen LogP contribution in [0.4, 0.5) is 5.69 Å². The third kappa shape index (κ3) is 3.42. The molecule has 0 unspecified atom stereocenters. The molecule has 0 saturated carbocycles. The zero-order valence-corrected chi connectivity index (χ0v) is 13.4. The average molecular weight is 299 g/mol. The molecular weight excluding hydrogens is 278 g/mol. The number of rotatable bonds is 4. The number of nitrogens with zero attached hydrogens (tertiary/aromatic N) is 2. The van der Waals surface area contributed by atoms with Crippen LogP contribution in [-0.4, -0.2) is 15.7 Å². The molecule has 22 heavy (non-hydrogen) atoms. The molecule has 5 heteroatoms. The van der Waals surface area contributed by atoms with Gasteiger partial charge in [-0.25, -0.2) is 4.68 Å². The van der Waals surface area contributed by atoms with Crippen molar-refractivity contribution in [3.63, 3.8) is 0 Å². The summed E-state index contributed by atoms with van der Waals surface area (Å²) in [4.78, 5) is 24.0. The van der Waals surface area contributed by atoms with E-state index in [9.17, 15) is 9.59 Å². The first kappa shape index (κ1) is 15.9. The van der Waals surface area contributed by atoms with Crippen LogP contribution in [0, 0.1) is 20.8 Å². The third-order valence-corrected chi connectivity index (χ3v) is 3.45. The van der Waals surface area contributed by atoms with Gasteiger partial charge in [0.25, 0.3) is 11.5 Å². The Kier molecular flexibility index (Phi) is 4.75. The van der Waals surface area contributed by atoms with E-state index < -0.39 is 0 Å². The molecule has 0 aliphatic heterocycles. The van der Waals surface area contributed by atoms with E-state index in [1.807, 2.05) is 39.8 Å². The zero-order chi connectivity index (χ0) is 16.3. The van der Waals surface area contributed by atoms with Crippen molar-refractivity contribution in [2.75, 3.05) is 5.32 Å². The van der Waals surface area contributed by atoms with Gasteiger partial charge in [-0.3, -0.25) is 9.59 Å². The molecule has 0 saturated heterocycles. The first-order valence-electron chi connectivity index (χ1n) is 7.39. The van der Waals surface area contributed by atoms with Gasteiger partial charge < -0.3 is 5.32 Å². The highest BCUT2D eigenvalue weighted by atomic mass is 16.2. The minimum Gasteiger partial charge on any atom is -0.320 e. The van der Waals surface area contributed by atoms with Crippen LogP contribution in [0.2, 0.25) is 0 Å². The number of hydrogen-bond donors (Lipinski definition) is 1. The SMILES string of the molecule is CCCn1nc(C(=O)Nc2c(C)cc(C)cc2C)ccc1=O. The molecule has 1 heterocycles. The molecular formula is C17H21N3O2. The lowest BCUT2D eigenvalue weighted by Crippen LogP contribution is -2.26. The van der Waals surface area contributed by atoms with Gasteiger partial charge in [-0.1, -0.05) is 24.6 Å². The number of anilines is 1. The van der Waals surface area contributed by atoms with Gasteiger partial charge in [0.15, 0.2) is 0 Å². The number of benzene rings is 1. The average Bonchev–Trinajstić information content (AvgIpc) is 2.45. The molecule has 0 bridgehead atoms. The Labute approximate surface area is 130 Å². The Balaban J connectivity index is 2.30. The van der Waals surface area contributed by atoms with Crippen LogP contribution < -0.4 is 10.9 Å². The minimum absolute atomic E-state index is 0.193. The Morgan fingerprint density at radius 3 is 2.41 bits per heavy atom. The van der Waals surface area contributed by atoms with Crippen molar-refractivity contribution < 1.29 is 4.79 Å². The highest BCUT2D eigenvalue weighted by Gasteiger charge is 2.13. The number of carbonyl (C=O) groups is 1. The maximum Gasteiger partial charge on any atom is 0.276 e. The topological polar surface area (TPSA) is 64.0 Å². The summed E-state index contributed by atoms with van der Waals surface area (Å²) in [6.07, 6.45) is 0.786. The number of nitrogens with one attached hydrogen (secondary N) is 1. The van der Waals surface area contributed by atoms with Crippen molar-refractivity contribution >= 4 is 11.6 Å². The van der Waals surface area contributed by atoms with E-state index in [1.165, 1.54) is 16.8 Å². The number of hydrogen-bond acceptors (Lipinski definition) is 3. The van der Waals surface area contributed by atoms with Crippen molar-refractivity contribution in [3.05, 3.63) is 57.0 Å². The normalized spacial score (nSPS) is 10.5. The summed E-state index contributed by atoms with van der Waals surface area (Å²) < 4.78 is 1.32. The van der Waals surface area contributed by atoms with Crippen molar-refractivity contribution in [1.82, 2.24) is 9.78 Å². The van der Waals surface area contributed by atoms with Crippen LogP contribution in [0.5, 0.6) is 0 Å². The fourth-order valence-electron chi connectivity index (χ4n) is 2.50. The van der Waals surface area contributed by atoms with E-state index in [1.54, 1.807) is 0 Å². The fraction of sp³-hybridized carbons (Fsp3) is 0.353. The quantitative estimate of drug-likeness (QED) is 0.944. The van der Waals surface area contributed by atoms with Crippen LogP contribution in [0.25, 0.3) is 0 Å². The summed E-state index contributed by atoms with van der Waals surface area (Å²) in [5.41, 5.74) is 4.02. The molecule has 1 aromatic carbocycles. The fourth-order valence-corrected chi connectivity index (χ4v) is 2.50. The molecule has 1 amide bonds. The summed E-state index contributed by atoms with van der Waals surface area (Å²) in [5.74, 6) is -0.306. The Bertz CT molecular complexity index is 740. The molecule has 0 spiro atoms. The third-order valence-electron chi connectivity index (χ3n) is 3.45. The van der Waals surface area contributed by atoms with Gasteiger partial charge in [0.2, 0.25) is 0 Å². The van der Waals surface area contributed by atoms with E-state index in [-0.39, 0.29) is 17.2 Å². The first-order valence-corrected chi connectivity index (χ1v) is 7.39. The lowest BCUT2D eigenvalue weighted by Gasteiger charge is -2.13. The number of aromatic nitrogens is 2. The van der Waals surface area contributed by atoms with Gasteiger partial charge in [-0.15, -0.1) is 0 Å². The van der Waals surface area contributed by atoms with Crippen molar-refractivity contribution in [2.24, 2.45) is 0 Å². The molecule has 0 atom stereocenters. The lowest BCUT2D eigenvalue weighted by atomic mass is 10.1. The smallest absolute Gasteiger partial charge is 0.276 e. The monoisotopic (exact) mass is 299 g/mol. The minimum atomic E-state index is -0.306. The predicted molar refractivity (Wildman–Crippen MR) is 87.4 cm³/mol. The second-order valence-electron chi connectivity index (χ2n) is 5.51. The number of aryl methyl sites for hydroxylation is 4. The molecule has 0 radical (unpaired) electrons. The molecule has 0 aliphatic carbocycles. The van der Waals surface area contributed by atoms with Gasteiger partial charge in [0.1, 0.15) is 5.69 Å². The van der Waals surface area contributed by atoms with Gasteiger partial charge in [-0.05, 0) is 44.4 Å². The van der Waals surface area contributed by atoms with Crippen molar-refractivity contribution in [2.45, 2.75) is 40.7 Å². The largest absolute Gasteiger partial charge is 0.320 e. The molecule has 0 fully saturated rings. The van der Waals surface area contributed by atoms with Gasteiger partial charge in [0, 0.05) is 18.3 Å². The predicted octanol–water partition coefficient (Wildman–Crippen LogP) is 2.83. The highest BCUT2D eigenvalue weighted by molar-refractivity contribution is 6.03. The van der Waals surface area contributed by atoms with Gasteiger partial charge in [-0.2, -0.15) is 5.10 Å². The Hall–Kier alpha value is -2.43. The second kappa shape index (κ2) is 6.56. The molecule has 116 valence electrons. The maximum atomic E-state index is 12.4. The van der Waals surface area contributed by atoms with E-state index in [4.69, 9.17) is 0 Å². The maximum absolute atomic E-state index is 12.4. The molecule has 5 nitrogen and oxygen atoms in total. The highest BCUT2D eigenvalue weighted by Crippen LogP contribution is 2.22. The van der Waals surface area contributed by atoms with Crippen LogP contribution in [0.3, 0.4) is 0 Å². The van der Waals surface area contributed by atoms with E-state index >= 15 is 0 Å². The summed E-state index contributed by atoms with van der Waals surface area (Å²) in [7, 11) is 0. The van der Waals surface area contributed by atoms with E-state index in [0.717, 1.165) is 28.8 Å². The Morgan fingerprint density at radius 2 is 1.82 bits per heavy atom. The molecule has 1 N–H and O–H groups in total. The van der Waals surface area contributed by atoms with Crippen molar-refractivity contribution in [3.8, 4) is 0 Å². The van der Waals surface area contributed by atoms with E-state index in [2.05, 4.69) is 10.4 Å².